The van der Waals surface area contributed by atoms with Crippen molar-refractivity contribution in [3.63, 3.8) is 0 Å². The van der Waals surface area contributed by atoms with E-state index >= 15 is 0 Å². The Morgan fingerprint density at radius 3 is 2.64 bits per heavy atom. The first-order chi connectivity index (χ1) is 15.7. The topological polar surface area (TPSA) is 126 Å². The van der Waals surface area contributed by atoms with Crippen LogP contribution < -0.4 is 20.5 Å². The zero-order valence-electron chi connectivity index (χ0n) is 19.0. The molecule has 0 aliphatic rings. The normalized spacial score (nSPS) is 13.0. The SMILES string of the molecule is CCOc1cc([C@H](CS(C)(=O)=O)n2c(=O)[nH]c3c(/C(C=N)=C/NC)cccc32)ccc1OC. The van der Waals surface area contributed by atoms with E-state index in [1.54, 1.807) is 49.6 Å². The maximum Gasteiger partial charge on any atom is 0.327 e. The lowest BCUT2D eigenvalue weighted by Crippen LogP contribution is -2.28. The molecule has 0 bridgehead atoms. The number of aromatic nitrogens is 2. The van der Waals surface area contributed by atoms with E-state index in [1.807, 2.05) is 6.92 Å². The maximum absolute atomic E-state index is 13.2. The Labute approximate surface area is 192 Å². The molecule has 2 aromatic carbocycles. The van der Waals surface area contributed by atoms with E-state index in [9.17, 15) is 13.2 Å². The summed E-state index contributed by atoms with van der Waals surface area (Å²) in [5, 5.41) is 10.6. The standard InChI is InChI=1S/C23H28N4O5S/c1-5-32-21-11-15(9-10-20(21)31-3)19(14-33(4,29)30)27-18-8-6-7-17(16(12-24)13-25-2)22(18)26-23(27)28/h6-13,19,24-25H,5,14H2,1-4H3,(H,26,28)/b16-13+,24-12?/t19-/m0/s1. The molecular formula is C23H28N4O5S. The quantitative estimate of drug-likeness (QED) is 0.389. The van der Waals surface area contributed by atoms with Crippen LogP contribution in [0.1, 0.15) is 24.1 Å². The van der Waals surface area contributed by atoms with Gasteiger partial charge in [0, 0.05) is 36.9 Å². The molecule has 10 heteroatoms. The number of sulfone groups is 1. The predicted octanol–water partition coefficient (Wildman–Crippen LogP) is 2.58. The molecule has 0 unspecified atom stereocenters. The first-order valence-corrected chi connectivity index (χ1v) is 12.4. The molecule has 176 valence electrons. The first kappa shape index (κ1) is 24.1. The third-order valence-corrected chi connectivity index (χ3v) is 6.08. The summed E-state index contributed by atoms with van der Waals surface area (Å²) < 4.78 is 37.2. The number of ether oxygens (including phenoxy) is 2. The lowest BCUT2D eigenvalue weighted by molar-refractivity contribution is 0.310. The Balaban J connectivity index is 2.29. The number of hydrogen-bond donors (Lipinski definition) is 3. The fourth-order valence-electron chi connectivity index (χ4n) is 3.83. The molecule has 0 aliphatic carbocycles. The number of rotatable bonds is 10. The number of aromatic amines is 1. The predicted molar refractivity (Wildman–Crippen MR) is 130 cm³/mol. The van der Waals surface area contributed by atoms with E-state index in [0.717, 1.165) is 6.26 Å². The van der Waals surface area contributed by atoms with Crippen LogP contribution >= 0.6 is 0 Å². The van der Waals surface area contributed by atoms with Gasteiger partial charge in [-0.1, -0.05) is 18.2 Å². The second kappa shape index (κ2) is 9.95. The largest absolute Gasteiger partial charge is 0.493 e. The van der Waals surface area contributed by atoms with Gasteiger partial charge in [-0.15, -0.1) is 0 Å². The van der Waals surface area contributed by atoms with Crippen LogP contribution in [0.25, 0.3) is 16.6 Å². The summed E-state index contributed by atoms with van der Waals surface area (Å²) in [6, 6.07) is 9.64. The third kappa shape index (κ3) is 5.11. The van der Waals surface area contributed by atoms with Gasteiger partial charge in [-0.3, -0.25) is 4.57 Å². The molecular weight excluding hydrogens is 444 g/mol. The average Bonchev–Trinajstić information content (AvgIpc) is 3.11. The van der Waals surface area contributed by atoms with Crippen LogP contribution in [0.4, 0.5) is 0 Å². The highest BCUT2D eigenvalue weighted by atomic mass is 32.2. The summed E-state index contributed by atoms with van der Waals surface area (Å²) in [5.74, 6) is 0.693. The fourth-order valence-corrected chi connectivity index (χ4v) is 4.74. The Hall–Kier alpha value is -3.53. The van der Waals surface area contributed by atoms with Gasteiger partial charge in [0.2, 0.25) is 0 Å². The van der Waals surface area contributed by atoms with Crippen molar-refractivity contribution in [2.24, 2.45) is 0 Å². The van der Waals surface area contributed by atoms with Crippen LogP contribution in [0, 0.1) is 5.41 Å². The molecule has 9 nitrogen and oxygen atoms in total. The van der Waals surface area contributed by atoms with Gasteiger partial charge in [0.15, 0.2) is 11.5 Å². The van der Waals surface area contributed by atoms with E-state index in [2.05, 4.69) is 10.3 Å². The minimum Gasteiger partial charge on any atom is -0.493 e. The van der Waals surface area contributed by atoms with E-state index in [1.165, 1.54) is 17.9 Å². The highest BCUT2D eigenvalue weighted by Crippen LogP contribution is 2.33. The van der Waals surface area contributed by atoms with Gasteiger partial charge in [0.1, 0.15) is 9.84 Å². The molecule has 1 heterocycles. The Bertz CT molecular complexity index is 1350. The summed E-state index contributed by atoms with van der Waals surface area (Å²) in [6.07, 6.45) is 3.98. The van der Waals surface area contributed by atoms with Gasteiger partial charge in [-0.05, 0) is 30.7 Å². The Morgan fingerprint density at radius 2 is 2.03 bits per heavy atom. The van der Waals surface area contributed by atoms with Gasteiger partial charge in [0.05, 0.1) is 36.5 Å². The molecule has 1 aromatic heterocycles. The van der Waals surface area contributed by atoms with Gasteiger partial charge < -0.3 is 25.2 Å². The van der Waals surface area contributed by atoms with E-state index in [-0.39, 0.29) is 5.75 Å². The number of allylic oxidation sites excluding steroid dienone is 1. The second-order valence-corrected chi connectivity index (χ2v) is 9.67. The summed E-state index contributed by atoms with van der Waals surface area (Å²) in [6.45, 7) is 2.24. The fraction of sp³-hybridized carbons (Fsp3) is 0.304. The molecule has 0 amide bonds. The maximum atomic E-state index is 13.2. The summed E-state index contributed by atoms with van der Waals surface area (Å²) >= 11 is 0. The number of nitrogens with one attached hydrogen (secondary N) is 3. The van der Waals surface area contributed by atoms with Crippen molar-refractivity contribution in [1.82, 2.24) is 14.9 Å². The zero-order chi connectivity index (χ0) is 24.2. The molecule has 0 aliphatic heterocycles. The Morgan fingerprint density at radius 1 is 1.27 bits per heavy atom. The van der Waals surface area contributed by atoms with Crippen molar-refractivity contribution < 1.29 is 17.9 Å². The molecule has 0 radical (unpaired) electrons. The lowest BCUT2D eigenvalue weighted by Gasteiger charge is -2.20. The number of benzene rings is 2. The van der Waals surface area contributed by atoms with Crippen molar-refractivity contribution >= 4 is 32.7 Å². The minimum atomic E-state index is -3.47. The average molecular weight is 473 g/mol. The van der Waals surface area contributed by atoms with Crippen LogP contribution in [-0.4, -0.2) is 57.0 Å². The number of nitrogens with zero attached hydrogens (tertiary/aromatic N) is 1. The number of H-pyrrole nitrogens is 1. The van der Waals surface area contributed by atoms with Crippen molar-refractivity contribution in [3.8, 4) is 11.5 Å². The highest BCUT2D eigenvalue weighted by molar-refractivity contribution is 7.90. The van der Waals surface area contributed by atoms with E-state index in [0.29, 0.717) is 45.8 Å². The summed E-state index contributed by atoms with van der Waals surface area (Å²) in [7, 11) is -0.221. The van der Waals surface area contributed by atoms with Gasteiger partial charge in [-0.2, -0.15) is 0 Å². The molecule has 3 aromatic rings. The molecule has 3 N–H and O–H groups in total. The number of fused-ring (bicyclic) bond motifs is 1. The zero-order valence-corrected chi connectivity index (χ0v) is 19.8. The molecule has 1 atom stereocenters. The molecule has 0 spiro atoms. The summed E-state index contributed by atoms with van der Waals surface area (Å²) in [4.78, 5) is 16.0. The molecule has 0 saturated heterocycles. The Kier molecular flexibility index (Phi) is 7.27. The first-order valence-electron chi connectivity index (χ1n) is 10.3. The number of para-hydroxylation sites is 1. The van der Waals surface area contributed by atoms with Crippen LogP contribution in [0.2, 0.25) is 0 Å². The van der Waals surface area contributed by atoms with Gasteiger partial charge in [0.25, 0.3) is 0 Å². The summed E-state index contributed by atoms with van der Waals surface area (Å²) in [5.41, 5.74) is 2.41. The van der Waals surface area contributed by atoms with Crippen molar-refractivity contribution in [2.45, 2.75) is 13.0 Å². The van der Waals surface area contributed by atoms with Crippen LogP contribution in [0.3, 0.4) is 0 Å². The lowest BCUT2D eigenvalue weighted by atomic mass is 10.0. The van der Waals surface area contributed by atoms with Crippen molar-refractivity contribution in [2.75, 3.05) is 32.8 Å². The van der Waals surface area contributed by atoms with Crippen LogP contribution in [-0.2, 0) is 9.84 Å². The number of methoxy groups -OCH3 is 1. The molecule has 3 rings (SSSR count). The second-order valence-electron chi connectivity index (χ2n) is 7.48. The molecule has 0 fully saturated rings. The molecule has 0 saturated carbocycles. The minimum absolute atomic E-state index is 0.286. The van der Waals surface area contributed by atoms with Crippen LogP contribution in [0.5, 0.6) is 11.5 Å². The van der Waals surface area contributed by atoms with Gasteiger partial charge in [-0.25, -0.2) is 13.2 Å². The number of imidazole rings is 1. The van der Waals surface area contributed by atoms with Crippen LogP contribution in [0.15, 0.2) is 47.4 Å². The van der Waals surface area contributed by atoms with Gasteiger partial charge >= 0.3 is 5.69 Å². The smallest absolute Gasteiger partial charge is 0.327 e. The highest BCUT2D eigenvalue weighted by Gasteiger charge is 2.25. The van der Waals surface area contributed by atoms with E-state index < -0.39 is 21.6 Å². The van der Waals surface area contributed by atoms with Crippen molar-refractivity contribution in [1.29, 1.82) is 5.41 Å². The van der Waals surface area contributed by atoms with Crippen molar-refractivity contribution in [3.05, 3.63) is 64.2 Å². The third-order valence-electron chi connectivity index (χ3n) is 5.16. The van der Waals surface area contributed by atoms with E-state index in [4.69, 9.17) is 14.9 Å². The monoisotopic (exact) mass is 472 g/mol. The number of hydrogen-bond acceptors (Lipinski definition) is 7. The molecule has 33 heavy (non-hydrogen) atoms.